The Morgan fingerprint density at radius 3 is 2.92 bits per heavy atom. The van der Waals surface area contributed by atoms with E-state index in [4.69, 9.17) is 5.84 Å². The molecule has 0 aliphatic heterocycles. The molecule has 0 aliphatic carbocycles. The van der Waals surface area contributed by atoms with Gasteiger partial charge in [-0.15, -0.1) is 0 Å². The summed E-state index contributed by atoms with van der Waals surface area (Å²) in [7, 11) is 0. The molecule has 0 aromatic carbocycles. The topological polar surface area (TPSA) is 38.0 Å². The first-order valence-corrected chi connectivity index (χ1v) is 5.29. The molecule has 0 amide bonds. The first-order valence-electron chi connectivity index (χ1n) is 4.34. The van der Waals surface area contributed by atoms with E-state index in [1.165, 1.54) is 11.1 Å². The lowest BCUT2D eigenvalue weighted by atomic mass is 10.1. The molecule has 0 saturated heterocycles. The normalized spacial score (nSPS) is 12.5. The Balaban J connectivity index is 2.55. The van der Waals surface area contributed by atoms with E-state index in [0.29, 0.717) is 0 Å². The van der Waals surface area contributed by atoms with Crippen molar-refractivity contribution < 1.29 is 0 Å². The molecule has 1 aromatic rings. The summed E-state index contributed by atoms with van der Waals surface area (Å²) in [5.41, 5.74) is 5.43. The zero-order valence-electron chi connectivity index (χ0n) is 8.08. The van der Waals surface area contributed by atoms with Crippen molar-refractivity contribution in [3.05, 3.63) is 34.0 Å². The van der Waals surface area contributed by atoms with Gasteiger partial charge in [0.25, 0.3) is 0 Å². The molecule has 13 heavy (non-hydrogen) atoms. The van der Waals surface area contributed by atoms with Crippen molar-refractivity contribution in [3.63, 3.8) is 0 Å². The standard InChI is InChI=1S/C10H16N2S/c1-8(2)5-10(12-11)6-9-3-4-13-7-9/h3-5,7,10,12H,6,11H2,1-2H3. The Labute approximate surface area is 83.4 Å². The van der Waals surface area contributed by atoms with Gasteiger partial charge in [-0.3, -0.25) is 11.3 Å². The smallest absolute Gasteiger partial charge is 0.0433 e. The average Bonchev–Trinajstić information content (AvgIpc) is 2.55. The Morgan fingerprint density at radius 1 is 1.69 bits per heavy atom. The number of thiophene rings is 1. The van der Waals surface area contributed by atoms with Crippen molar-refractivity contribution in [2.24, 2.45) is 5.84 Å². The van der Waals surface area contributed by atoms with Crippen molar-refractivity contribution in [2.75, 3.05) is 0 Å². The van der Waals surface area contributed by atoms with E-state index in [-0.39, 0.29) is 6.04 Å². The SMILES string of the molecule is CC(C)=CC(Cc1ccsc1)NN. The van der Waals surface area contributed by atoms with E-state index < -0.39 is 0 Å². The molecule has 0 aliphatic rings. The van der Waals surface area contributed by atoms with Crippen molar-refractivity contribution in [2.45, 2.75) is 26.3 Å². The zero-order chi connectivity index (χ0) is 9.68. The molecule has 0 saturated carbocycles. The fourth-order valence-corrected chi connectivity index (χ4v) is 1.91. The van der Waals surface area contributed by atoms with Crippen LogP contribution in [0.3, 0.4) is 0 Å². The molecule has 1 atom stereocenters. The summed E-state index contributed by atoms with van der Waals surface area (Å²) in [6.45, 7) is 4.16. The maximum atomic E-state index is 5.45. The number of allylic oxidation sites excluding steroid dienone is 1. The molecule has 0 radical (unpaired) electrons. The summed E-state index contributed by atoms with van der Waals surface area (Å²) >= 11 is 1.72. The van der Waals surface area contributed by atoms with Gasteiger partial charge in [-0.1, -0.05) is 11.6 Å². The van der Waals surface area contributed by atoms with Crippen LogP contribution in [0.5, 0.6) is 0 Å². The summed E-state index contributed by atoms with van der Waals surface area (Å²) in [6.07, 6.45) is 3.11. The summed E-state index contributed by atoms with van der Waals surface area (Å²) in [5, 5.41) is 4.24. The fraction of sp³-hybridized carbons (Fsp3) is 0.400. The van der Waals surface area contributed by atoms with Gasteiger partial charge in [-0.05, 0) is 42.7 Å². The van der Waals surface area contributed by atoms with Gasteiger partial charge in [0.1, 0.15) is 0 Å². The van der Waals surface area contributed by atoms with E-state index in [1.807, 2.05) is 0 Å². The fourth-order valence-electron chi connectivity index (χ4n) is 1.23. The Kier molecular flexibility index (Phi) is 4.15. The Hall–Kier alpha value is -0.640. The Morgan fingerprint density at radius 2 is 2.46 bits per heavy atom. The van der Waals surface area contributed by atoms with Crippen LogP contribution in [0.2, 0.25) is 0 Å². The number of hydrazine groups is 1. The molecule has 72 valence electrons. The highest BCUT2D eigenvalue weighted by atomic mass is 32.1. The van der Waals surface area contributed by atoms with Crippen LogP contribution in [-0.2, 0) is 6.42 Å². The van der Waals surface area contributed by atoms with Crippen LogP contribution in [0.15, 0.2) is 28.5 Å². The van der Waals surface area contributed by atoms with Crippen LogP contribution in [0.4, 0.5) is 0 Å². The van der Waals surface area contributed by atoms with Gasteiger partial charge in [-0.25, -0.2) is 0 Å². The van der Waals surface area contributed by atoms with Gasteiger partial charge in [0, 0.05) is 6.04 Å². The van der Waals surface area contributed by atoms with Crippen molar-refractivity contribution in [1.29, 1.82) is 0 Å². The molecule has 1 heterocycles. The quantitative estimate of drug-likeness (QED) is 0.439. The molecule has 1 unspecified atom stereocenters. The maximum Gasteiger partial charge on any atom is 0.0433 e. The monoisotopic (exact) mass is 196 g/mol. The van der Waals surface area contributed by atoms with E-state index in [2.05, 4.69) is 42.2 Å². The van der Waals surface area contributed by atoms with Crippen molar-refractivity contribution in [1.82, 2.24) is 5.43 Å². The molecule has 3 N–H and O–H groups in total. The highest BCUT2D eigenvalue weighted by molar-refractivity contribution is 7.07. The minimum absolute atomic E-state index is 0.250. The Bertz CT molecular complexity index is 260. The largest absolute Gasteiger partial charge is 0.271 e. The molecule has 3 heteroatoms. The molecule has 1 rings (SSSR count). The third-order valence-electron chi connectivity index (χ3n) is 1.78. The van der Waals surface area contributed by atoms with Crippen LogP contribution in [0, 0.1) is 0 Å². The number of hydrogen-bond donors (Lipinski definition) is 2. The zero-order valence-corrected chi connectivity index (χ0v) is 8.90. The number of rotatable bonds is 4. The average molecular weight is 196 g/mol. The highest BCUT2D eigenvalue weighted by Gasteiger charge is 2.03. The first kappa shape index (κ1) is 10.4. The third kappa shape index (κ3) is 3.72. The lowest BCUT2D eigenvalue weighted by molar-refractivity contribution is 0.614. The van der Waals surface area contributed by atoms with Crippen LogP contribution in [-0.4, -0.2) is 6.04 Å². The van der Waals surface area contributed by atoms with Gasteiger partial charge >= 0.3 is 0 Å². The number of nitrogens with one attached hydrogen (secondary N) is 1. The molecule has 2 nitrogen and oxygen atoms in total. The minimum atomic E-state index is 0.250. The van der Waals surface area contributed by atoms with Crippen molar-refractivity contribution >= 4 is 11.3 Å². The lowest BCUT2D eigenvalue weighted by Crippen LogP contribution is -2.35. The lowest BCUT2D eigenvalue weighted by Gasteiger charge is -2.10. The third-order valence-corrected chi connectivity index (χ3v) is 2.52. The highest BCUT2D eigenvalue weighted by Crippen LogP contribution is 2.09. The molecule has 0 bridgehead atoms. The van der Waals surface area contributed by atoms with Gasteiger partial charge in [-0.2, -0.15) is 11.3 Å². The second-order valence-electron chi connectivity index (χ2n) is 3.35. The van der Waals surface area contributed by atoms with Crippen LogP contribution < -0.4 is 11.3 Å². The summed E-state index contributed by atoms with van der Waals surface area (Å²) in [4.78, 5) is 0. The first-order chi connectivity index (χ1) is 6.22. The van der Waals surface area contributed by atoms with Crippen LogP contribution >= 0.6 is 11.3 Å². The van der Waals surface area contributed by atoms with Gasteiger partial charge < -0.3 is 0 Å². The molecule has 0 fully saturated rings. The second kappa shape index (κ2) is 5.17. The van der Waals surface area contributed by atoms with Crippen molar-refractivity contribution in [3.8, 4) is 0 Å². The molecular weight excluding hydrogens is 180 g/mol. The summed E-state index contributed by atoms with van der Waals surface area (Å²) in [5.74, 6) is 5.45. The van der Waals surface area contributed by atoms with Gasteiger partial charge in [0.2, 0.25) is 0 Å². The summed E-state index contributed by atoms with van der Waals surface area (Å²) < 4.78 is 0. The molecule has 0 spiro atoms. The number of hydrogen-bond acceptors (Lipinski definition) is 3. The predicted octanol–water partition coefficient (Wildman–Crippen LogP) is 2.09. The van der Waals surface area contributed by atoms with Gasteiger partial charge in [0.15, 0.2) is 0 Å². The summed E-state index contributed by atoms with van der Waals surface area (Å²) in [6, 6.07) is 2.38. The van der Waals surface area contributed by atoms with E-state index in [0.717, 1.165) is 6.42 Å². The van der Waals surface area contributed by atoms with E-state index >= 15 is 0 Å². The molecular formula is C10H16N2S. The van der Waals surface area contributed by atoms with Crippen LogP contribution in [0.1, 0.15) is 19.4 Å². The number of nitrogens with two attached hydrogens (primary N) is 1. The maximum absolute atomic E-state index is 5.45. The van der Waals surface area contributed by atoms with E-state index in [9.17, 15) is 0 Å². The second-order valence-corrected chi connectivity index (χ2v) is 4.13. The van der Waals surface area contributed by atoms with Gasteiger partial charge in [0.05, 0.1) is 0 Å². The van der Waals surface area contributed by atoms with Crippen LogP contribution in [0.25, 0.3) is 0 Å². The molecule has 1 aromatic heterocycles. The van der Waals surface area contributed by atoms with E-state index in [1.54, 1.807) is 11.3 Å². The minimum Gasteiger partial charge on any atom is -0.271 e. The predicted molar refractivity (Wildman–Crippen MR) is 58.6 cm³/mol.